The first-order valence-corrected chi connectivity index (χ1v) is 8.38. The zero-order valence-electron chi connectivity index (χ0n) is 14.8. The number of carbonyl (C=O) groups is 2. The van der Waals surface area contributed by atoms with Crippen molar-refractivity contribution in [3.05, 3.63) is 66.4 Å². The molecule has 27 heavy (non-hydrogen) atoms. The maximum absolute atomic E-state index is 11.8. The Labute approximate surface area is 156 Å². The van der Waals surface area contributed by atoms with E-state index in [9.17, 15) is 9.59 Å². The predicted molar refractivity (Wildman–Crippen MR) is 100 cm³/mol. The van der Waals surface area contributed by atoms with Gasteiger partial charge in [0, 0.05) is 6.07 Å². The van der Waals surface area contributed by atoms with Crippen molar-refractivity contribution >= 4 is 17.6 Å². The van der Waals surface area contributed by atoms with Gasteiger partial charge in [-0.3, -0.25) is 9.59 Å². The fourth-order valence-corrected chi connectivity index (χ4v) is 2.37. The third kappa shape index (κ3) is 5.43. The van der Waals surface area contributed by atoms with Crippen molar-refractivity contribution in [1.82, 2.24) is 10.5 Å². The van der Waals surface area contributed by atoms with Crippen LogP contribution in [0, 0.1) is 6.92 Å². The molecular formula is C20H19N3O4. The van der Waals surface area contributed by atoms with Gasteiger partial charge in [0.15, 0.2) is 12.4 Å². The summed E-state index contributed by atoms with van der Waals surface area (Å²) in [6.45, 7) is 1.36. The lowest BCUT2D eigenvalue weighted by Crippen LogP contribution is -2.35. The molecule has 0 fully saturated rings. The third-order valence-corrected chi connectivity index (χ3v) is 3.67. The van der Waals surface area contributed by atoms with E-state index in [1.165, 1.54) is 0 Å². The van der Waals surface area contributed by atoms with Crippen LogP contribution in [0.5, 0.6) is 5.75 Å². The number of nitrogens with one attached hydrogen (secondary N) is 2. The Bertz CT molecular complexity index is 904. The maximum atomic E-state index is 11.8. The van der Waals surface area contributed by atoms with Crippen LogP contribution in [0.15, 0.2) is 65.2 Å². The molecule has 3 rings (SSSR count). The lowest BCUT2D eigenvalue weighted by atomic mass is 10.1. The fraction of sp³-hybridized carbons (Fsp3) is 0.150. The van der Waals surface area contributed by atoms with Gasteiger partial charge in [-0.25, -0.2) is 0 Å². The van der Waals surface area contributed by atoms with Crippen LogP contribution in [-0.4, -0.2) is 30.1 Å². The predicted octanol–water partition coefficient (Wildman–Crippen LogP) is 2.78. The number of ether oxygens (including phenoxy) is 1. The van der Waals surface area contributed by atoms with Gasteiger partial charge in [-0.2, -0.15) is 0 Å². The van der Waals surface area contributed by atoms with Crippen LogP contribution in [0.2, 0.25) is 0 Å². The summed E-state index contributed by atoms with van der Waals surface area (Å²) in [6.07, 6.45) is 0. The number of aryl methyl sites for hydroxylation is 1. The summed E-state index contributed by atoms with van der Waals surface area (Å²) in [5.74, 6) is 0.673. The molecule has 7 heteroatoms. The number of rotatable bonds is 7. The van der Waals surface area contributed by atoms with Crippen LogP contribution >= 0.6 is 0 Å². The average molecular weight is 365 g/mol. The second kappa shape index (κ2) is 8.66. The molecule has 2 N–H and O–H groups in total. The molecule has 0 bridgehead atoms. The Morgan fingerprint density at radius 3 is 2.37 bits per heavy atom. The molecule has 138 valence electrons. The van der Waals surface area contributed by atoms with Gasteiger partial charge in [0.25, 0.3) is 5.91 Å². The number of nitrogens with zero attached hydrogens (tertiary/aromatic N) is 1. The molecule has 1 aromatic heterocycles. The number of benzene rings is 2. The maximum Gasteiger partial charge on any atom is 0.258 e. The van der Waals surface area contributed by atoms with E-state index in [4.69, 9.17) is 9.26 Å². The quantitative estimate of drug-likeness (QED) is 0.671. The van der Waals surface area contributed by atoms with Crippen molar-refractivity contribution < 1.29 is 18.8 Å². The average Bonchev–Trinajstić information content (AvgIpc) is 3.10. The Kier molecular flexibility index (Phi) is 5.84. The Morgan fingerprint density at radius 2 is 1.70 bits per heavy atom. The lowest BCUT2D eigenvalue weighted by Gasteiger charge is -2.08. The van der Waals surface area contributed by atoms with Crippen LogP contribution in [0.1, 0.15) is 5.76 Å². The molecule has 2 aromatic carbocycles. The van der Waals surface area contributed by atoms with Crippen LogP contribution in [0.25, 0.3) is 11.1 Å². The molecule has 0 aliphatic heterocycles. The molecule has 1 heterocycles. The normalized spacial score (nSPS) is 10.3. The Morgan fingerprint density at radius 1 is 1.00 bits per heavy atom. The minimum Gasteiger partial charge on any atom is -0.484 e. The first-order chi connectivity index (χ1) is 13.1. The molecule has 0 saturated heterocycles. The smallest absolute Gasteiger partial charge is 0.258 e. The largest absolute Gasteiger partial charge is 0.484 e. The van der Waals surface area contributed by atoms with E-state index in [-0.39, 0.29) is 13.2 Å². The summed E-state index contributed by atoms with van der Waals surface area (Å²) in [6, 6.07) is 19.0. The summed E-state index contributed by atoms with van der Waals surface area (Å²) < 4.78 is 10.3. The van der Waals surface area contributed by atoms with Crippen LogP contribution in [-0.2, 0) is 9.59 Å². The molecule has 0 saturated carbocycles. The summed E-state index contributed by atoms with van der Waals surface area (Å²) in [5.41, 5.74) is 2.17. The van der Waals surface area contributed by atoms with Crippen molar-refractivity contribution in [2.45, 2.75) is 6.92 Å². The van der Waals surface area contributed by atoms with E-state index in [1.807, 2.05) is 42.5 Å². The number of aromatic nitrogens is 1. The Balaban J connectivity index is 1.41. The monoisotopic (exact) mass is 365 g/mol. The van der Waals surface area contributed by atoms with Gasteiger partial charge >= 0.3 is 0 Å². The van der Waals surface area contributed by atoms with Crippen molar-refractivity contribution in [2.24, 2.45) is 0 Å². The number of hydrogen-bond donors (Lipinski definition) is 2. The summed E-state index contributed by atoms with van der Waals surface area (Å²) in [7, 11) is 0. The summed E-state index contributed by atoms with van der Waals surface area (Å²) in [5, 5.41) is 8.64. The topological polar surface area (TPSA) is 93.5 Å². The van der Waals surface area contributed by atoms with Gasteiger partial charge in [-0.1, -0.05) is 47.6 Å². The minimum absolute atomic E-state index is 0.180. The second-order valence-corrected chi connectivity index (χ2v) is 5.83. The molecule has 7 nitrogen and oxygen atoms in total. The molecule has 0 aliphatic carbocycles. The third-order valence-electron chi connectivity index (χ3n) is 3.67. The van der Waals surface area contributed by atoms with Crippen LogP contribution in [0.4, 0.5) is 5.82 Å². The van der Waals surface area contributed by atoms with Crippen LogP contribution in [0.3, 0.4) is 0 Å². The van der Waals surface area contributed by atoms with Crippen molar-refractivity contribution in [1.29, 1.82) is 0 Å². The van der Waals surface area contributed by atoms with E-state index in [2.05, 4.69) is 15.8 Å². The number of amides is 2. The number of hydrogen-bond acceptors (Lipinski definition) is 5. The molecular weight excluding hydrogens is 346 g/mol. The van der Waals surface area contributed by atoms with E-state index in [0.29, 0.717) is 17.3 Å². The highest BCUT2D eigenvalue weighted by molar-refractivity contribution is 5.93. The van der Waals surface area contributed by atoms with Gasteiger partial charge < -0.3 is 19.9 Å². The van der Waals surface area contributed by atoms with Gasteiger partial charge in [-0.05, 0) is 30.2 Å². The number of anilines is 1. The molecule has 0 unspecified atom stereocenters. The van der Waals surface area contributed by atoms with Crippen molar-refractivity contribution in [3.8, 4) is 16.9 Å². The zero-order chi connectivity index (χ0) is 19.1. The fourth-order valence-electron chi connectivity index (χ4n) is 2.37. The highest BCUT2D eigenvalue weighted by Crippen LogP contribution is 2.21. The molecule has 0 spiro atoms. The summed E-state index contributed by atoms with van der Waals surface area (Å²) in [4.78, 5) is 23.5. The summed E-state index contributed by atoms with van der Waals surface area (Å²) >= 11 is 0. The highest BCUT2D eigenvalue weighted by Gasteiger charge is 2.09. The highest BCUT2D eigenvalue weighted by atomic mass is 16.5. The molecule has 2 amide bonds. The van der Waals surface area contributed by atoms with E-state index < -0.39 is 11.8 Å². The van der Waals surface area contributed by atoms with Gasteiger partial charge in [0.1, 0.15) is 11.5 Å². The standard InChI is InChI=1S/C20H19N3O4/c1-14-11-18(23-27-14)22-19(24)12-21-20(25)13-26-17-9-7-16(8-10-17)15-5-3-2-4-6-15/h2-11H,12-13H2,1H3,(H,21,25)(H,22,23,24). The zero-order valence-corrected chi connectivity index (χ0v) is 14.8. The Hall–Kier alpha value is -3.61. The molecule has 0 aliphatic rings. The molecule has 0 radical (unpaired) electrons. The molecule has 3 aromatic rings. The lowest BCUT2D eigenvalue weighted by molar-refractivity contribution is -0.125. The van der Waals surface area contributed by atoms with Crippen molar-refractivity contribution in [2.75, 3.05) is 18.5 Å². The number of carbonyl (C=O) groups excluding carboxylic acids is 2. The van der Waals surface area contributed by atoms with E-state index in [1.54, 1.807) is 25.1 Å². The molecule has 0 atom stereocenters. The van der Waals surface area contributed by atoms with Crippen LogP contribution < -0.4 is 15.4 Å². The second-order valence-electron chi connectivity index (χ2n) is 5.83. The van der Waals surface area contributed by atoms with Gasteiger partial charge in [0.05, 0.1) is 6.54 Å². The SMILES string of the molecule is Cc1cc(NC(=O)CNC(=O)COc2ccc(-c3ccccc3)cc2)no1. The van der Waals surface area contributed by atoms with Gasteiger partial charge in [-0.15, -0.1) is 0 Å². The van der Waals surface area contributed by atoms with Crippen molar-refractivity contribution in [3.63, 3.8) is 0 Å². The van der Waals surface area contributed by atoms with Gasteiger partial charge in [0.2, 0.25) is 5.91 Å². The van der Waals surface area contributed by atoms with E-state index >= 15 is 0 Å². The van der Waals surface area contributed by atoms with E-state index in [0.717, 1.165) is 11.1 Å². The first kappa shape index (κ1) is 18.2. The first-order valence-electron chi connectivity index (χ1n) is 8.38. The minimum atomic E-state index is -0.399.